The van der Waals surface area contributed by atoms with Gasteiger partial charge in [0, 0.05) is 19.3 Å². The second-order valence-corrected chi connectivity index (χ2v) is 6.98. The van der Waals surface area contributed by atoms with E-state index in [1.54, 1.807) is 21.1 Å². The quantitative estimate of drug-likeness (QED) is 0.720. The normalized spacial score (nSPS) is 23.9. The molecule has 25 heavy (non-hydrogen) atoms. The lowest BCUT2D eigenvalue weighted by Crippen LogP contribution is -3.11. The minimum Gasteiger partial charge on any atom is -0.493 e. The Labute approximate surface area is 147 Å². The molecular formula is C18H26N3O4+. The third-order valence-electron chi connectivity index (χ3n) is 5.04. The molecule has 0 unspecified atom stereocenters. The van der Waals surface area contributed by atoms with Gasteiger partial charge in [-0.2, -0.15) is 0 Å². The molecule has 2 aliphatic heterocycles. The molecule has 7 heteroatoms. The van der Waals surface area contributed by atoms with Gasteiger partial charge in [0.1, 0.15) is 5.54 Å². The summed E-state index contributed by atoms with van der Waals surface area (Å²) in [5.74, 6) is 1.09. The van der Waals surface area contributed by atoms with Gasteiger partial charge in [-0.1, -0.05) is 6.07 Å². The zero-order valence-electron chi connectivity index (χ0n) is 15.1. The van der Waals surface area contributed by atoms with Gasteiger partial charge in [0.25, 0.3) is 5.91 Å². The zero-order chi connectivity index (χ0) is 18.0. The predicted molar refractivity (Wildman–Crippen MR) is 91.8 cm³/mol. The van der Waals surface area contributed by atoms with Crippen LogP contribution in [0.4, 0.5) is 4.79 Å². The van der Waals surface area contributed by atoms with Crippen molar-refractivity contribution in [2.24, 2.45) is 0 Å². The summed E-state index contributed by atoms with van der Waals surface area (Å²) in [4.78, 5) is 27.9. The molecule has 2 saturated heterocycles. The number of rotatable bonds is 6. The molecule has 1 atom stereocenters. The highest BCUT2D eigenvalue weighted by molar-refractivity contribution is 6.06. The molecule has 0 aliphatic carbocycles. The van der Waals surface area contributed by atoms with Crippen LogP contribution in [-0.4, -0.2) is 56.4 Å². The summed E-state index contributed by atoms with van der Waals surface area (Å²) in [6, 6.07) is 5.25. The fraction of sp³-hybridized carbons (Fsp3) is 0.556. The Hall–Kier alpha value is -2.28. The Kier molecular flexibility index (Phi) is 4.85. The third kappa shape index (κ3) is 3.42. The number of likely N-dealkylation sites (tertiary alicyclic amines) is 1. The van der Waals surface area contributed by atoms with Crippen LogP contribution in [-0.2, 0) is 11.2 Å². The standard InChI is InChI=1S/C18H25N3O4/c1-18(11-13-6-7-14(24-2)15(10-13)25-3)16(22)21(17(23)19-18)12-20-8-4-5-9-20/h6-7,10H,4-5,8-9,11-12H2,1-3H3,(H,19,23)/p+1/t18-/m1/s1. The highest BCUT2D eigenvalue weighted by Crippen LogP contribution is 2.30. The molecule has 0 saturated carbocycles. The van der Waals surface area contributed by atoms with E-state index in [0.29, 0.717) is 24.6 Å². The summed E-state index contributed by atoms with van der Waals surface area (Å²) in [7, 11) is 3.16. The molecule has 2 heterocycles. The number of benzene rings is 1. The molecule has 1 aromatic rings. The Bertz CT molecular complexity index is 672. The molecule has 2 fully saturated rings. The second kappa shape index (κ2) is 6.92. The summed E-state index contributed by atoms with van der Waals surface area (Å²) in [5, 5.41) is 2.87. The average molecular weight is 348 g/mol. The van der Waals surface area contributed by atoms with E-state index in [0.717, 1.165) is 31.5 Å². The number of amides is 3. The number of hydrogen-bond acceptors (Lipinski definition) is 4. The van der Waals surface area contributed by atoms with Crippen molar-refractivity contribution in [2.75, 3.05) is 34.0 Å². The summed E-state index contributed by atoms with van der Waals surface area (Å²) >= 11 is 0. The molecule has 3 amide bonds. The van der Waals surface area contributed by atoms with Crippen LogP contribution in [0.15, 0.2) is 18.2 Å². The van der Waals surface area contributed by atoms with Crippen molar-refractivity contribution in [3.63, 3.8) is 0 Å². The minimum atomic E-state index is -0.935. The number of hydrogen-bond donors (Lipinski definition) is 2. The van der Waals surface area contributed by atoms with Crippen molar-refractivity contribution in [2.45, 2.75) is 31.7 Å². The first kappa shape index (κ1) is 17.5. The van der Waals surface area contributed by atoms with Gasteiger partial charge in [0.05, 0.1) is 27.3 Å². The molecule has 2 N–H and O–H groups in total. The fourth-order valence-corrected chi connectivity index (χ4v) is 3.67. The van der Waals surface area contributed by atoms with Crippen LogP contribution in [0.1, 0.15) is 25.3 Å². The van der Waals surface area contributed by atoms with Gasteiger partial charge in [-0.15, -0.1) is 0 Å². The van der Waals surface area contributed by atoms with Crippen LogP contribution in [0.3, 0.4) is 0 Å². The number of ether oxygens (including phenoxy) is 2. The molecule has 3 rings (SSSR count). The lowest BCUT2D eigenvalue weighted by Gasteiger charge is -2.23. The Balaban J connectivity index is 1.75. The summed E-state index contributed by atoms with van der Waals surface area (Å²) in [6.45, 7) is 4.27. The van der Waals surface area contributed by atoms with E-state index in [9.17, 15) is 9.59 Å². The van der Waals surface area contributed by atoms with Crippen molar-refractivity contribution < 1.29 is 24.0 Å². The average Bonchev–Trinajstić information content (AvgIpc) is 3.18. The Morgan fingerprint density at radius 1 is 1.16 bits per heavy atom. The first-order chi connectivity index (χ1) is 12.0. The maximum Gasteiger partial charge on any atom is 0.329 e. The lowest BCUT2D eigenvalue weighted by molar-refractivity contribution is -0.894. The van der Waals surface area contributed by atoms with E-state index in [1.165, 1.54) is 9.80 Å². The van der Waals surface area contributed by atoms with Gasteiger partial charge in [-0.05, 0) is 24.6 Å². The Morgan fingerprint density at radius 3 is 2.48 bits per heavy atom. The number of urea groups is 1. The van der Waals surface area contributed by atoms with Gasteiger partial charge in [-0.25, -0.2) is 9.69 Å². The maximum atomic E-state index is 12.9. The zero-order valence-corrected chi connectivity index (χ0v) is 15.1. The van der Waals surface area contributed by atoms with E-state index in [4.69, 9.17) is 9.47 Å². The van der Waals surface area contributed by atoms with Crippen molar-refractivity contribution in [1.29, 1.82) is 0 Å². The van der Waals surface area contributed by atoms with Gasteiger partial charge >= 0.3 is 6.03 Å². The van der Waals surface area contributed by atoms with E-state index < -0.39 is 5.54 Å². The summed E-state index contributed by atoms with van der Waals surface area (Å²) in [5.41, 5.74) is -0.0280. The molecule has 2 aliphatic rings. The SMILES string of the molecule is COc1ccc(C[C@@]2(C)NC(=O)N(C[NH+]3CCCC3)C2=O)cc1OC. The van der Waals surface area contributed by atoms with Crippen LogP contribution in [0.25, 0.3) is 0 Å². The molecule has 0 aromatic heterocycles. The molecule has 1 aromatic carbocycles. The molecule has 7 nitrogen and oxygen atoms in total. The number of methoxy groups -OCH3 is 2. The van der Waals surface area contributed by atoms with Crippen molar-refractivity contribution >= 4 is 11.9 Å². The summed E-state index contributed by atoms with van der Waals surface area (Å²) in [6.07, 6.45) is 2.72. The van der Waals surface area contributed by atoms with E-state index in [1.807, 2.05) is 18.2 Å². The molecular weight excluding hydrogens is 322 g/mol. The highest BCUT2D eigenvalue weighted by Gasteiger charge is 2.49. The largest absolute Gasteiger partial charge is 0.493 e. The number of nitrogens with zero attached hydrogens (tertiary/aromatic N) is 1. The van der Waals surface area contributed by atoms with E-state index >= 15 is 0 Å². The molecule has 0 radical (unpaired) electrons. The van der Waals surface area contributed by atoms with Gasteiger partial charge in [0.15, 0.2) is 18.2 Å². The summed E-state index contributed by atoms with van der Waals surface area (Å²) < 4.78 is 10.6. The van der Waals surface area contributed by atoms with E-state index in [2.05, 4.69) is 5.32 Å². The van der Waals surface area contributed by atoms with Crippen LogP contribution < -0.4 is 19.7 Å². The number of carbonyl (C=O) groups excluding carboxylic acids is 2. The minimum absolute atomic E-state index is 0.160. The first-order valence-corrected chi connectivity index (χ1v) is 8.65. The monoisotopic (exact) mass is 348 g/mol. The van der Waals surface area contributed by atoms with Crippen LogP contribution in [0.2, 0.25) is 0 Å². The second-order valence-electron chi connectivity index (χ2n) is 6.98. The lowest BCUT2D eigenvalue weighted by atomic mass is 9.92. The van der Waals surface area contributed by atoms with Crippen molar-refractivity contribution in [3.8, 4) is 11.5 Å². The predicted octanol–water partition coefficient (Wildman–Crippen LogP) is 0.193. The Morgan fingerprint density at radius 2 is 1.84 bits per heavy atom. The molecule has 0 bridgehead atoms. The third-order valence-corrected chi connectivity index (χ3v) is 5.04. The van der Waals surface area contributed by atoms with E-state index in [-0.39, 0.29) is 11.9 Å². The fourth-order valence-electron chi connectivity index (χ4n) is 3.67. The number of nitrogens with one attached hydrogen (secondary N) is 2. The first-order valence-electron chi connectivity index (χ1n) is 8.65. The van der Waals surface area contributed by atoms with Gasteiger partial charge < -0.3 is 19.7 Å². The van der Waals surface area contributed by atoms with Gasteiger partial charge in [0.2, 0.25) is 0 Å². The van der Waals surface area contributed by atoms with Gasteiger partial charge in [-0.3, -0.25) is 4.79 Å². The smallest absolute Gasteiger partial charge is 0.329 e. The number of quaternary nitrogens is 1. The van der Waals surface area contributed by atoms with Crippen molar-refractivity contribution in [3.05, 3.63) is 23.8 Å². The van der Waals surface area contributed by atoms with Crippen LogP contribution >= 0.6 is 0 Å². The highest BCUT2D eigenvalue weighted by atomic mass is 16.5. The molecule has 136 valence electrons. The van der Waals surface area contributed by atoms with Crippen LogP contribution in [0, 0.1) is 0 Å². The van der Waals surface area contributed by atoms with Crippen molar-refractivity contribution in [1.82, 2.24) is 10.2 Å². The number of carbonyl (C=O) groups is 2. The van der Waals surface area contributed by atoms with Crippen LogP contribution in [0.5, 0.6) is 11.5 Å². The molecule has 0 spiro atoms. The topological polar surface area (TPSA) is 72.3 Å². The number of imide groups is 1. The maximum absolute atomic E-state index is 12.9.